The van der Waals surface area contributed by atoms with Crippen molar-refractivity contribution >= 4 is 9.84 Å². The molecule has 0 aliphatic carbocycles. The molecule has 0 radical (unpaired) electrons. The second-order valence-electron chi connectivity index (χ2n) is 6.95. The highest BCUT2D eigenvalue weighted by Gasteiger charge is 2.52. The molecule has 0 saturated carbocycles. The monoisotopic (exact) mass is 378 g/mol. The molecular weight excluding hydrogens is 357 g/mol. The molecular formula is C16H21F3N2O3S. The van der Waals surface area contributed by atoms with Crippen LogP contribution in [-0.4, -0.2) is 68.8 Å². The summed E-state index contributed by atoms with van der Waals surface area (Å²) in [6.07, 6.45) is -4.73. The van der Waals surface area contributed by atoms with Crippen LogP contribution in [-0.2, 0) is 16.4 Å². The van der Waals surface area contributed by atoms with Crippen molar-refractivity contribution in [3.63, 3.8) is 0 Å². The largest absolute Gasteiger partial charge is 0.573 e. The molecule has 0 aromatic heterocycles. The minimum Gasteiger partial charge on any atom is -0.406 e. The number of hydrogen-bond acceptors (Lipinski definition) is 5. The van der Waals surface area contributed by atoms with Crippen molar-refractivity contribution in [1.82, 2.24) is 9.80 Å². The molecule has 0 unspecified atom stereocenters. The normalized spacial score (nSPS) is 29.1. The van der Waals surface area contributed by atoms with Crippen molar-refractivity contribution in [3.8, 4) is 5.75 Å². The number of rotatable bonds is 4. The van der Waals surface area contributed by atoms with E-state index in [0.717, 1.165) is 0 Å². The Morgan fingerprint density at radius 3 is 2.64 bits per heavy atom. The van der Waals surface area contributed by atoms with Crippen molar-refractivity contribution in [3.05, 3.63) is 29.8 Å². The zero-order valence-electron chi connectivity index (χ0n) is 14.0. The van der Waals surface area contributed by atoms with E-state index in [1.807, 2.05) is 23.9 Å². The highest BCUT2D eigenvalue weighted by atomic mass is 32.2. The highest BCUT2D eigenvalue weighted by Crippen LogP contribution is 2.36. The molecule has 1 aromatic rings. The highest BCUT2D eigenvalue weighted by molar-refractivity contribution is 7.92. The number of hydrogen-bond donors (Lipinski definition) is 0. The molecule has 0 spiro atoms. The lowest BCUT2D eigenvalue weighted by Crippen LogP contribution is -2.37. The molecule has 2 fully saturated rings. The van der Waals surface area contributed by atoms with E-state index in [0.29, 0.717) is 25.2 Å². The Hall–Kier alpha value is -1.32. The minimum atomic E-state index is -4.73. The summed E-state index contributed by atoms with van der Waals surface area (Å²) in [6.45, 7) is 1.44. The number of halogens is 3. The second kappa shape index (κ2) is 6.44. The summed E-state index contributed by atoms with van der Waals surface area (Å²) >= 11 is 0. The number of alkyl halides is 3. The molecule has 2 saturated heterocycles. The van der Waals surface area contributed by atoms with Gasteiger partial charge in [-0.1, -0.05) is 12.1 Å². The SMILES string of the molecule is CN(C)[C@@H]1CS(=O)(=O)[C@H]2CN(Cc3cccc(OC(F)(F)F)c3)C[C@@H]12. The van der Waals surface area contributed by atoms with Gasteiger partial charge < -0.3 is 9.64 Å². The fraction of sp³-hybridized carbons (Fsp3) is 0.625. The van der Waals surface area contributed by atoms with Gasteiger partial charge in [0.15, 0.2) is 9.84 Å². The van der Waals surface area contributed by atoms with E-state index in [4.69, 9.17) is 0 Å². The maximum absolute atomic E-state index is 12.4. The van der Waals surface area contributed by atoms with Crippen molar-refractivity contribution in [2.45, 2.75) is 24.2 Å². The Balaban J connectivity index is 1.71. The van der Waals surface area contributed by atoms with Gasteiger partial charge in [0.05, 0.1) is 11.0 Å². The maximum Gasteiger partial charge on any atom is 0.573 e. The van der Waals surface area contributed by atoms with Gasteiger partial charge in [-0.3, -0.25) is 4.90 Å². The molecule has 0 bridgehead atoms. The summed E-state index contributed by atoms with van der Waals surface area (Å²) in [5, 5.41) is -0.394. The predicted molar refractivity (Wildman–Crippen MR) is 86.9 cm³/mol. The van der Waals surface area contributed by atoms with Crippen LogP contribution in [0.3, 0.4) is 0 Å². The molecule has 3 atom stereocenters. The van der Waals surface area contributed by atoms with Crippen LogP contribution in [0.15, 0.2) is 24.3 Å². The maximum atomic E-state index is 12.4. The summed E-state index contributed by atoms with van der Waals surface area (Å²) in [6, 6.07) is 5.81. The lowest BCUT2D eigenvalue weighted by Gasteiger charge is -2.25. The van der Waals surface area contributed by atoms with E-state index in [2.05, 4.69) is 4.74 Å². The lowest BCUT2D eigenvalue weighted by molar-refractivity contribution is -0.274. The van der Waals surface area contributed by atoms with Crippen LogP contribution in [0.2, 0.25) is 0 Å². The standard InChI is InChI=1S/C16H21F3N2O3S/c1-20(2)14-10-25(22,23)15-9-21(8-13(14)15)7-11-4-3-5-12(6-11)24-16(17,18)19/h3-6,13-15H,7-10H2,1-2H3/t13-,14+,15-/m0/s1. The van der Waals surface area contributed by atoms with Gasteiger partial charge in [-0.2, -0.15) is 0 Å². The first-order valence-corrected chi connectivity index (χ1v) is 9.72. The van der Waals surface area contributed by atoms with Crippen LogP contribution >= 0.6 is 0 Å². The number of likely N-dealkylation sites (tertiary alicyclic amines) is 1. The van der Waals surface area contributed by atoms with E-state index >= 15 is 0 Å². The third-order valence-electron chi connectivity index (χ3n) is 4.94. The van der Waals surface area contributed by atoms with Gasteiger partial charge in [-0.15, -0.1) is 13.2 Å². The molecule has 1 aromatic carbocycles. The van der Waals surface area contributed by atoms with Gasteiger partial charge in [0.1, 0.15) is 5.75 Å². The zero-order chi connectivity index (χ0) is 18.4. The Bertz CT molecular complexity index is 736. The molecule has 25 heavy (non-hydrogen) atoms. The summed E-state index contributed by atoms with van der Waals surface area (Å²) in [5.74, 6) is -0.0456. The number of nitrogens with zero attached hydrogens (tertiary/aromatic N) is 2. The molecule has 0 amide bonds. The average molecular weight is 378 g/mol. The van der Waals surface area contributed by atoms with Gasteiger partial charge in [0.25, 0.3) is 0 Å². The number of benzene rings is 1. The van der Waals surface area contributed by atoms with Crippen molar-refractivity contribution in [1.29, 1.82) is 0 Å². The Kier molecular flexibility index (Phi) is 4.76. The van der Waals surface area contributed by atoms with Gasteiger partial charge in [-0.25, -0.2) is 8.42 Å². The predicted octanol–water partition coefficient (Wildman–Crippen LogP) is 1.74. The summed E-state index contributed by atoms with van der Waals surface area (Å²) < 4.78 is 65.7. The molecule has 140 valence electrons. The molecule has 0 N–H and O–H groups in total. The smallest absolute Gasteiger partial charge is 0.406 e. The van der Waals surface area contributed by atoms with E-state index in [-0.39, 0.29) is 23.5 Å². The molecule has 2 aliphatic heterocycles. The molecule has 2 aliphatic rings. The first-order valence-electron chi connectivity index (χ1n) is 8.00. The van der Waals surface area contributed by atoms with Gasteiger partial charge in [0.2, 0.25) is 0 Å². The molecule has 5 nitrogen and oxygen atoms in total. The van der Waals surface area contributed by atoms with Crippen LogP contribution in [0.4, 0.5) is 13.2 Å². The third-order valence-corrected chi connectivity index (χ3v) is 7.17. The minimum absolute atomic E-state index is 0.0140. The van der Waals surface area contributed by atoms with Gasteiger partial charge in [-0.05, 0) is 31.8 Å². The number of fused-ring (bicyclic) bond motifs is 1. The van der Waals surface area contributed by atoms with Crippen LogP contribution in [0.25, 0.3) is 0 Å². The van der Waals surface area contributed by atoms with Crippen LogP contribution in [0.5, 0.6) is 5.75 Å². The van der Waals surface area contributed by atoms with Crippen LogP contribution in [0.1, 0.15) is 5.56 Å². The first kappa shape index (κ1) is 18.5. The van der Waals surface area contributed by atoms with Gasteiger partial charge in [0, 0.05) is 31.6 Å². The van der Waals surface area contributed by atoms with Gasteiger partial charge >= 0.3 is 6.36 Å². The van der Waals surface area contributed by atoms with E-state index in [1.54, 1.807) is 6.07 Å². The van der Waals surface area contributed by atoms with E-state index in [9.17, 15) is 21.6 Å². The topological polar surface area (TPSA) is 49.9 Å². The fourth-order valence-corrected chi connectivity index (χ4v) is 6.38. The third kappa shape index (κ3) is 4.09. The van der Waals surface area contributed by atoms with Crippen molar-refractivity contribution < 1.29 is 26.3 Å². The molecule has 2 heterocycles. The quantitative estimate of drug-likeness (QED) is 0.799. The number of sulfone groups is 1. The number of ether oxygens (including phenoxy) is 1. The lowest BCUT2D eigenvalue weighted by atomic mass is 10.00. The molecule has 3 rings (SSSR count). The van der Waals surface area contributed by atoms with Crippen molar-refractivity contribution in [2.24, 2.45) is 5.92 Å². The first-order chi connectivity index (χ1) is 11.5. The van der Waals surface area contributed by atoms with E-state index in [1.165, 1.54) is 18.2 Å². The van der Waals surface area contributed by atoms with Crippen molar-refractivity contribution in [2.75, 3.05) is 32.9 Å². The fourth-order valence-electron chi connectivity index (χ4n) is 3.87. The second-order valence-corrected chi connectivity index (χ2v) is 9.22. The molecule has 9 heteroatoms. The Morgan fingerprint density at radius 1 is 1.28 bits per heavy atom. The van der Waals surface area contributed by atoms with E-state index < -0.39 is 21.4 Å². The summed E-state index contributed by atoms with van der Waals surface area (Å²) in [5.41, 5.74) is 0.667. The summed E-state index contributed by atoms with van der Waals surface area (Å²) in [4.78, 5) is 3.94. The average Bonchev–Trinajstić information content (AvgIpc) is 2.96. The van der Waals surface area contributed by atoms with Crippen LogP contribution < -0.4 is 4.74 Å². The Morgan fingerprint density at radius 2 is 2.00 bits per heavy atom. The van der Waals surface area contributed by atoms with Crippen LogP contribution in [0, 0.1) is 5.92 Å². The summed E-state index contributed by atoms with van der Waals surface area (Å²) in [7, 11) is 0.624. The Labute approximate surface area is 145 Å². The zero-order valence-corrected chi connectivity index (χ0v) is 14.8.